The van der Waals surface area contributed by atoms with E-state index in [1.807, 2.05) is 30.3 Å². The summed E-state index contributed by atoms with van der Waals surface area (Å²) in [6, 6.07) is 16.9. The molecule has 3 aromatic rings. The van der Waals surface area contributed by atoms with Crippen LogP contribution in [-0.4, -0.2) is 11.9 Å². The van der Waals surface area contributed by atoms with Crippen molar-refractivity contribution in [3.8, 4) is 6.07 Å². The predicted molar refractivity (Wildman–Crippen MR) is 118 cm³/mol. The first-order valence-electron chi connectivity index (χ1n) is 10.4. The van der Waals surface area contributed by atoms with Gasteiger partial charge in [-0.1, -0.05) is 30.3 Å². The molecule has 6 heteroatoms. The number of nitriles is 1. The molecular weight excluding hydrogens is 408 g/mol. The highest BCUT2D eigenvalue weighted by Gasteiger charge is 2.28. The summed E-state index contributed by atoms with van der Waals surface area (Å²) in [6.07, 6.45) is 4.21. The minimum atomic E-state index is -0.375. The van der Waals surface area contributed by atoms with Gasteiger partial charge in [0.15, 0.2) is 0 Å². The molecule has 0 radical (unpaired) electrons. The number of nitrogens with zero attached hydrogens (tertiary/aromatic N) is 1. The number of ether oxygens (including phenoxy) is 1. The molecule has 1 amide bonds. The van der Waals surface area contributed by atoms with Crippen molar-refractivity contribution in [1.82, 2.24) is 0 Å². The van der Waals surface area contributed by atoms with E-state index >= 15 is 0 Å². The van der Waals surface area contributed by atoms with E-state index in [0.29, 0.717) is 28.1 Å². The van der Waals surface area contributed by atoms with Crippen molar-refractivity contribution in [2.45, 2.75) is 38.2 Å². The van der Waals surface area contributed by atoms with Crippen LogP contribution >= 0.6 is 11.3 Å². The Hall–Kier alpha value is -3.43. The number of hydrogen-bond acceptors (Lipinski definition) is 5. The van der Waals surface area contributed by atoms with E-state index in [1.165, 1.54) is 16.2 Å². The van der Waals surface area contributed by atoms with Crippen molar-refractivity contribution < 1.29 is 14.3 Å². The van der Waals surface area contributed by atoms with Gasteiger partial charge in [0.1, 0.15) is 17.2 Å². The van der Waals surface area contributed by atoms with Gasteiger partial charge < -0.3 is 10.1 Å². The quantitative estimate of drug-likeness (QED) is 0.581. The zero-order valence-electron chi connectivity index (χ0n) is 16.8. The van der Waals surface area contributed by atoms with Crippen molar-refractivity contribution in [1.29, 1.82) is 5.26 Å². The highest BCUT2D eigenvalue weighted by Crippen LogP contribution is 2.38. The van der Waals surface area contributed by atoms with Crippen LogP contribution in [0.3, 0.4) is 0 Å². The molecule has 154 valence electrons. The molecule has 1 aliphatic heterocycles. The topological polar surface area (TPSA) is 79.2 Å². The molecule has 1 aliphatic carbocycles. The molecular formula is C25H20N2O3S. The maximum atomic E-state index is 13.0. The average Bonchev–Trinajstić information content (AvgIpc) is 3.16. The Labute approximate surface area is 184 Å². The molecule has 5 nitrogen and oxygen atoms in total. The lowest BCUT2D eigenvalue weighted by molar-refractivity contribution is 0.0252. The number of thiophene rings is 1. The van der Waals surface area contributed by atoms with Crippen LogP contribution in [0.4, 0.5) is 5.00 Å². The monoisotopic (exact) mass is 428 g/mol. The lowest BCUT2D eigenvalue weighted by Gasteiger charge is -2.25. The molecule has 0 unspecified atom stereocenters. The summed E-state index contributed by atoms with van der Waals surface area (Å²) >= 11 is 1.51. The molecule has 0 saturated heterocycles. The van der Waals surface area contributed by atoms with Gasteiger partial charge in [-0.05, 0) is 60.6 Å². The molecule has 0 bridgehead atoms. The summed E-state index contributed by atoms with van der Waals surface area (Å²) in [5, 5.41) is 13.2. The number of carbonyl (C=O) groups excluding carboxylic acids is 2. The second-order valence-corrected chi connectivity index (χ2v) is 8.97. The van der Waals surface area contributed by atoms with Crippen LogP contribution in [0.15, 0.2) is 48.5 Å². The van der Waals surface area contributed by atoms with E-state index in [0.717, 1.165) is 42.4 Å². The van der Waals surface area contributed by atoms with E-state index < -0.39 is 0 Å². The van der Waals surface area contributed by atoms with E-state index in [1.54, 1.807) is 18.2 Å². The first-order valence-corrected chi connectivity index (χ1v) is 11.2. The first kappa shape index (κ1) is 19.5. The molecule has 2 aromatic carbocycles. The number of nitrogens with one attached hydrogen (secondary N) is 1. The lowest BCUT2D eigenvalue weighted by atomic mass is 9.93. The number of carbonyl (C=O) groups is 2. The van der Waals surface area contributed by atoms with Crippen molar-refractivity contribution in [2.24, 2.45) is 0 Å². The standard InChI is InChI=1S/C25H20N2O3S/c26-14-20-19-8-4-5-9-22(19)31-24(20)27-23(28)16-10-11-18-17(12-16)13-21(30-25(18)29)15-6-2-1-3-7-15/h1-3,6-7,10-12,21H,4-5,8-9,13H2,(H,27,28)/t21-/m0/s1. The van der Waals surface area contributed by atoms with E-state index in [4.69, 9.17) is 4.74 Å². The van der Waals surface area contributed by atoms with E-state index in [2.05, 4.69) is 11.4 Å². The molecule has 0 fully saturated rings. The second-order valence-electron chi connectivity index (χ2n) is 7.86. The van der Waals surface area contributed by atoms with Crippen molar-refractivity contribution >= 4 is 28.2 Å². The van der Waals surface area contributed by atoms with Gasteiger partial charge in [0.25, 0.3) is 5.91 Å². The molecule has 31 heavy (non-hydrogen) atoms. The van der Waals surface area contributed by atoms with Crippen LogP contribution in [-0.2, 0) is 24.0 Å². The Morgan fingerprint density at radius 1 is 1.13 bits per heavy atom. The van der Waals surface area contributed by atoms with Gasteiger partial charge in [0.2, 0.25) is 0 Å². The molecule has 1 aromatic heterocycles. The number of fused-ring (bicyclic) bond motifs is 2. The summed E-state index contributed by atoms with van der Waals surface area (Å²) in [6.45, 7) is 0. The fourth-order valence-electron chi connectivity index (χ4n) is 4.34. The maximum Gasteiger partial charge on any atom is 0.339 e. The molecule has 0 saturated carbocycles. The third-order valence-corrected chi connectivity index (χ3v) is 7.13. The van der Waals surface area contributed by atoms with Crippen molar-refractivity contribution in [3.05, 3.63) is 86.8 Å². The third-order valence-electron chi connectivity index (χ3n) is 5.92. The SMILES string of the molecule is N#Cc1c(NC(=O)c2ccc3c(c2)C[C@@H](c2ccccc2)OC3=O)sc2c1CCCC2. The number of rotatable bonds is 3. The third kappa shape index (κ3) is 3.62. The summed E-state index contributed by atoms with van der Waals surface area (Å²) in [5.41, 5.74) is 4.37. The Morgan fingerprint density at radius 3 is 2.74 bits per heavy atom. The molecule has 1 atom stereocenters. The van der Waals surface area contributed by atoms with Crippen molar-refractivity contribution in [3.63, 3.8) is 0 Å². The van der Waals surface area contributed by atoms with Crippen LogP contribution in [0.2, 0.25) is 0 Å². The summed E-state index contributed by atoms with van der Waals surface area (Å²) < 4.78 is 5.60. The van der Waals surface area contributed by atoms with Crippen LogP contribution in [0.5, 0.6) is 0 Å². The van der Waals surface area contributed by atoms with Gasteiger partial charge in [-0.25, -0.2) is 4.79 Å². The normalized spacial score (nSPS) is 17.1. The molecule has 0 spiro atoms. The number of benzene rings is 2. The van der Waals surface area contributed by atoms with Gasteiger partial charge in [-0.3, -0.25) is 4.79 Å². The number of hydrogen-bond donors (Lipinski definition) is 1. The Morgan fingerprint density at radius 2 is 1.94 bits per heavy atom. The largest absolute Gasteiger partial charge is 0.454 e. The zero-order chi connectivity index (χ0) is 21.4. The summed E-state index contributed by atoms with van der Waals surface area (Å²) in [7, 11) is 0. The lowest BCUT2D eigenvalue weighted by Crippen LogP contribution is -2.23. The fraction of sp³-hybridized carbons (Fsp3) is 0.240. The molecule has 2 aliphatic rings. The van der Waals surface area contributed by atoms with E-state index in [-0.39, 0.29) is 18.0 Å². The van der Waals surface area contributed by atoms with Crippen LogP contribution in [0.1, 0.15) is 66.8 Å². The highest BCUT2D eigenvalue weighted by molar-refractivity contribution is 7.16. The van der Waals surface area contributed by atoms with Gasteiger partial charge in [-0.15, -0.1) is 11.3 Å². The average molecular weight is 429 g/mol. The van der Waals surface area contributed by atoms with Crippen molar-refractivity contribution in [2.75, 3.05) is 5.32 Å². The Balaban J connectivity index is 1.41. The maximum absolute atomic E-state index is 13.0. The number of aryl methyl sites for hydroxylation is 1. The van der Waals surface area contributed by atoms with Gasteiger partial charge in [0, 0.05) is 16.9 Å². The molecule has 2 heterocycles. The number of cyclic esters (lactones) is 1. The Kier molecular flexibility index (Phi) is 5.05. The van der Waals surface area contributed by atoms with Gasteiger partial charge in [-0.2, -0.15) is 5.26 Å². The first-order chi connectivity index (χ1) is 15.1. The van der Waals surface area contributed by atoms with E-state index in [9.17, 15) is 14.9 Å². The predicted octanol–water partition coefficient (Wildman–Crippen LogP) is 5.21. The molecule has 1 N–H and O–H groups in total. The van der Waals surface area contributed by atoms with Gasteiger partial charge >= 0.3 is 5.97 Å². The van der Waals surface area contributed by atoms with Gasteiger partial charge in [0.05, 0.1) is 11.1 Å². The van der Waals surface area contributed by atoms with Crippen LogP contribution in [0, 0.1) is 11.3 Å². The smallest absolute Gasteiger partial charge is 0.339 e. The zero-order valence-corrected chi connectivity index (χ0v) is 17.6. The minimum absolute atomic E-state index is 0.270. The number of amides is 1. The van der Waals surface area contributed by atoms with Crippen LogP contribution < -0.4 is 5.32 Å². The summed E-state index contributed by atoms with van der Waals surface area (Å²) in [5.74, 6) is -0.646. The minimum Gasteiger partial charge on any atom is -0.454 e. The second kappa shape index (κ2) is 8.01. The Bertz CT molecular complexity index is 1220. The number of esters is 1. The summed E-state index contributed by atoms with van der Waals surface area (Å²) in [4.78, 5) is 26.7. The number of anilines is 1. The highest BCUT2D eigenvalue weighted by atomic mass is 32.1. The molecule has 5 rings (SSSR count). The van der Waals surface area contributed by atoms with Crippen LogP contribution in [0.25, 0.3) is 0 Å². The fourth-order valence-corrected chi connectivity index (χ4v) is 5.57.